The van der Waals surface area contributed by atoms with Crippen LogP contribution < -0.4 is 14.8 Å². The minimum atomic E-state index is -1.53. The van der Waals surface area contributed by atoms with E-state index in [1.165, 1.54) is 10.6 Å². The molecule has 0 radical (unpaired) electrons. The van der Waals surface area contributed by atoms with Crippen molar-refractivity contribution < 1.29 is 22.5 Å². The molecular formula is C16H17F2N3O3S. The van der Waals surface area contributed by atoms with E-state index in [0.29, 0.717) is 4.90 Å². The van der Waals surface area contributed by atoms with Crippen LogP contribution in [0, 0.1) is 11.6 Å². The molecule has 3 atom stereocenters. The predicted molar refractivity (Wildman–Crippen MR) is 88.8 cm³/mol. The Balaban J connectivity index is 1.96. The normalized spacial score (nSPS) is 22.7. The number of nitrogens with zero attached hydrogens (tertiary/aromatic N) is 1. The molecule has 2 heterocycles. The molecule has 3 rings (SSSR count). The van der Waals surface area contributed by atoms with Gasteiger partial charge in [-0.25, -0.2) is 17.7 Å². The largest absolute Gasteiger partial charge is 0.485 e. The second-order valence-corrected chi connectivity index (χ2v) is 7.08. The molecule has 0 bridgehead atoms. The second kappa shape index (κ2) is 6.57. The number of nitrogens with one attached hydrogen (secondary N) is 2. The number of halogens is 2. The molecular weight excluding hydrogens is 352 g/mol. The third-order valence-electron chi connectivity index (χ3n) is 4.00. The number of anilines is 1. The smallest absolute Gasteiger partial charge is 0.276 e. The summed E-state index contributed by atoms with van der Waals surface area (Å²) in [5.74, 6) is -2.43. The summed E-state index contributed by atoms with van der Waals surface area (Å²) in [6.45, 7) is 3.63. The standard InChI is InChI=1S/C16H17F2N3O3S/c1-8-9(2)24-15-13(25(23)20-8)7-21(3)14(15)16(22)19-10-4-5-11(17)12(18)6-10/h4-9,20H,1-3H3,(H,19,22)/t8-,9+,25?/m1/s1. The third-order valence-corrected chi connectivity index (χ3v) is 5.27. The van der Waals surface area contributed by atoms with Crippen molar-refractivity contribution in [2.45, 2.75) is 30.9 Å². The van der Waals surface area contributed by atoms with Gasteiger partial charge in [0.1, 0.15) is 22.0 Å². The number of hydrogen-bond acceptors (Lipinski definition) is 3. The molecule has 1 unspecified atom stereocenters. The predicted octanol–water partition coefficient (Wildman–Crippen LogP) is 2.34. The summed E-state index contributed by atoms with van der Waals surface area (Å²) in [6.07, 6.45) is 1.23. The average molecular weight is 369 g/mol. The van der Waals surface area contributed by atoms with Crippen LogP contribution in [0.3, 0.4) is 0 Å². The molecule has 0 saturated carbocycles. The van der Waals surface area contributed by atoms with Crippen molar-refractivity contribution in [1.82, 2.24) is 9.29 Å². The number of amides is 1. The molecule has 2 aromatic rings. The van der Waals surface area contributed by atoms with Gasteiger partial charge in [-0.15, -0.1) is 0 Å². The van der Waals surface area contributed by atoms with Gasteiger partial charge in [0.2, 0.25) is 0 Å². The van der Waals surface area contributed by atoms with Crippen LogP contribution in [0.25, 0.3) is 0 Å². The highest BCUT2D eigenvalue weighted by molar-refractivity contribution is 7.83. The molecule has 0 spiro atoms. The van der Waals surface area contributed by atoms with Gasteiger partial charge in [0.25, 0.3) is 5.91 Å². The minimum Gasteiger partial charge on any atom is -0.485 e. The van der Waals surface area contributed by atoms with Crippen molar-refractivity contribution in [3.05, 3.63) is 41.7 Å². The molecule has 25 heavy (non-hydrogen) atoms. The van der Waals surface area contributed by atoms with E-state index >= 15 is 0 Å². The van der Waals surface area contributed by atoms with E-state index in [2.05, 4.69) is 10.0 Å². The molecule has 1 aliphatic rings. The Hall–Kier alpha value is -2.26. The number of aryl methyl sites for hydroxylation is 1. The Morgan fingerprint density at radius 2 is 2.04 bits per heavy atom. The van der Waals surface area contributed by atoms with E-state index < -0.39 is 28.5 Å². The minimum absolute atomic E-state index is 0.105. The topological polar surface area (TPSA) is 72.4 Å². The Kier molecular flexibility index (Phi) is 4.61. The number of hydrogen-bond donors (Lipinski definition) is 2. The monoisotopic (exact) mass is 369 g/mol. The van der Waals surface area contributed by atoms with Crippen LogP contribution in [-0.2, 0) is 18.0 Å². The van der Waals surface area contributed by atoms with Crippen molar-refractivity contribution >= 4 is 22.6 Å². The lowest BCUT2D eigenvalue weighted by Crippen LogP contribution is -2.37. The lowest BCUT2D eigenvalue weighted by atomic mass is 10.2. The van der Waals surface area contributed by atoms with Crippen LogP contribution in [0.5, 0.6) is 5.75 Å². The van der Waals surface area contributed by atoms with Crippen molar-refractivity contribution in [2.24, 2.45) is 7.05 Å². The molecule has 1 aromatic carbocycles. The molecule has 1 aliphatic heterocycles. The second-order valence-electron chi connectivity index (χ2n) is 5.86. The third kappa shape index (κ3) is 3.29. The van der Waals surface area contributed by atoms with E-state index in [-0.39, 0.29) is 29.3 Å². The van der Waals surface area contributed by atoms with E-state index in [1.807, 2.05) is 6.92 Å². The van der Waals surface area contributed by atoms with Crippen LogP contribution in [0.1, 0.15) is 24.3 Å². The van der Waals surface area contributed by atoms with Gasteiger partial charge < -0.3 is 14.6 Å². The molecule has 1 amide bonds. The summed E-state index contributed by atoms with van der Waals surface area (Å²) in [7, 11) is 0.0866. The summed E-state index contributed by atoms with van der Waals surface area (Å²) in [6, 6.07) is 2.89. The van der Waals surface area contributed by atoms with E-state index in [9.17, 15) is 17.8 Å². The first kappa shape index (κ1) is 17.6. The Morgan fingerprint density at radius 1 is 1.32 bits per heavy atom. The number of aromatic nitrogens is 1. The van der Waals surface area contributed by atoms with Gasteiger partial charge >= 0.3 is 0 Å². The molecule has 0 fully saturated rings. The Labute approximate surface area is 145 Å². The van der Waals surface area contributed by atoms with Crippen molar-refractivity contribution in [2.75, 3.05) is 5.32 Å². The fourth-order valence-electron chi connectivity index (χ4n) is 2.47. The lowest BCUT2D eigenvalue weighted by molar-refractivity contribution is 0.101. The zero-order valence-electron chi connectivity index (χ0n) is 13.8. The maximum Gasteiger partial charge on any atom is 0.276 e. The first-order chi connectivity index (χ1) is 11.8. The fraction of sp³-hybridized carbons (Fsp3) is 0.312. The fourth-order valence-corrected chi connectivity index (χ4v) is 3.69. The van der Waals surface area contributed by atoms with Gasteiger partial charge in [-0.3, -0.25) is 4.79 Å². The first-order valence-corrected chi connectivity index (χ1v) is 8.73. The zero-order valence-corrected chi connectivity index (χ0v) is 14.6. The Bertz CT molecular complexity index is 869. The van der Waals surface area contributed by atoms with Crippen LogP contribution in [0.15, 0.2) is 29.3 Å². The number of ether oxygens (including phenoxy) is 1. The number of carbonyl (C=O) groups is 1. The van der Waals surface area contributed by atoms with Crippen LogP contribution >= 0.6 is 0 Å². The van der Waals surface area contributed by atoms with Gasteiger partial charge in [0.05, 0.1) is 6.04 Å². The molecule has 1 aromatic heterocycles. The van der Waals surface area contributed by atoms with E-state index in [1.54, 1.807) is 20.2 Å². The summed E-state index contributed by atoms with van der Waals surface area (Å²) in [5, 5.41) is 2.50. The van der Waals surface area contributed by atoms with Gasteiger partial charge in [-0.05, 0) is 26.0 Å². The molecule has 9 heteroatoms. The molecule has 6 nitrogen and oxygen atoms in total. The van der Waals surface area contributed by atoms with Crippen LogP contribution in [0.4, 0.5) is 14.5 Å². The van der Waals surface area contributed by atoms with Crippen LogP contribution in [0.2, 0.25) is 0 Å². The molecule has 0 saturated heterocycles. The molecule has 0 aliphatic carbocycles. The van der Waals surface area contributed by atoms with Crippen molar-refractivity contribution in [3.63, 3.8) is 0 Å². The zero-order chi connectivity index (χ0) is 18.3. The molecule has 134 valence electrons. The summed E-state index contributed by atoms with van der Waals surface area (Å²) < 4.78 is 48.9. The Morgan fingerprint density at radius 3 is 2.72 bits per heavy atom. The highest BCUT2D eigenvalue weighted by Gasteiger charge is 2.32. The van der Waals surface area contributed by atoms with Gasteiger partial charge in [-0.2, -0.15) is 0 Å². The maximum absolute atomic E-state index is 13.3. The lowest BCUT2D eigenvalue weighted by Gasteiger charge is -2.18. The number of benzene rings is 1. The number of fused-ring (bicyclic) bond motifs is 1. The van der Waals surface area contributed by atoms with Crippen LogP contribution in [-0.4, -0.2) is 26.8 Å². The van der Waals surface area contributed by atoms with Crippen molar-refractivity contribution in [3.8, 4) is 5.75 Å². The number of carbonyl (C=O) groups excluding carboxylic acids is 1. The van der Waals surface area contributed by atoms with Gasteiger partial charge in [0, 0.05) is 25.0 Å². The summed E-state index contributed by atoms with van der Waals surface area (Å²) in [4.78, 5) is 13.0. The highest BCUT2D eigenvalue weighted by Crippen LogP contribution is 2.32. The summed E-state index contributed by atoms with van der Waals surface area (Å²) in [5.41, 5.74) is 0.254. The van der Waals surface area contributed by atoms with Gasteiger partial charge in [-0.1, -0.05) is 0 Å². The van der Waals surface area contributed by atoms with E-state index in [0.717, 1.165) is 12.1 Å². The average Bonchev–Trinajstić information content (AvgIpc) is 2.82. The maximum atomic E-state index is 13.3. The first-order valence-electron chi connectivity index (χ1n) is 7.58. The SMILES string of the molecule is C[C@@H]1Oc2c(cn(C)c2C(=O)Nc2ccc(F)c(F)c2)S(=O)N[C@@H]1C. The van der Waals surface area contributed by atoms with Crippen molar-refractivity contribution in [1.29, 1.82) is 0 Å². The quantitative estimate of drug-likeness (QED) is 0.854. The molecule has 2 N–H and O–H groups in total. The van der Waals surface area contributed by atoms with E-state index in [4.69, 9.17) is 4.74 Å². The van der Waals surface area contributed by atoms with Gasteiger partial charge in [0.15, 0.2) is 23.1 Å². The highest BCUT2D eigenvalue weighted by atomic mass is 32.2. The number of rotatable bonds is 2. The summed E-state index contributed by atoms with van der Waals surface area (Å²) >= 11 is 0.